The second-order valence-electron chi connectivity index (χ2n) is 11.7. The lowest BCUT2D eigenvalue weighted by Gasteiger charge is -2.36. The van der Waals surface area contributed by atoms with Gasteiger partial charge in [-0.15, -0.1) is 0 Å². The van der Waals surface area contributed by atoms with Gasteiger partial charge in [0.25, 0.3) is 0 Å². The van der Waals surface area contributed by atoms with Crippen LogP contribution >= 0.6 is 11.6 Å². The highest BCUT2D eigenvalue weighted by atomic mass is 35.5. The van der Waals surface area contributed by atoms with Crippen molar-refractivity contribution in [2.75, 3.05) is 50.6 Å². The molecule has 0 spiro atoms. The molecule has 2 N–H and O–H groups in total. The van der Waals surface area contributed by atoms with Crippen LogP contribution < -0.4 is 20.1 Å². The maximum Gasteiger partial charge on any atom is 0.418 e. The monoisotopic (exact) mass is 644 g/mol. The molecule has 16 heteroatoms. The number of nitrogens with two attached hydrogens (primary N) is 1. The maximum atomic E-state index is 16.5. The van der Waals surface area contributed by atoms with Gasteiger partial charge in [-0.05, 0) is 31.9 Å². The molecule has 0 saturated carbocycles. The molecule has 1 aromatic carbocycles. The third-order valence-electron chi connectivity index (χ3n) is 9.08. The molecule has 3 saturated heterocycles. The van der Waals surface area contributed by atoms with Gasteiger partial charge in [-0.25, -0.2) is 18.2 Å². The molecule has 4 aliphatic rings. The summed E-state index contributed by atoms with van der Waals surface area (Å²) in [4.78, 5) is 16.8. The molecule has 3 fully saturated rings. The third-order valence-corrected chi connectivity index (χ3v) is 9.44. The third kappa shape index (κ3) is 4.57. The van der Waals surface area contributed by atoms with Crippen molar-refractivity contribution >= 4 is 34.0 Å². The van der Waals surface area contributed by atoms with Gasteiger partial charge in [0, 0.05) is 32.2 Å². The number of anilines is 2. The molecule has 4 atom stereocenters. The predicted octanol–water partition coefficient (Wildman–Crippen LogP) is 5.17. The fourth-order valence-electron chi connectivity index (χ4n) is 7.00. The number of fused-ring (bicyclic) bond motifs is 2. The number of nitrogen functional groups attached to an aromatic ring is 1. The normalized spacial score (nSPS) is 26.8. The number of likely N-dealkylation sites (N-methyl/N-ethyl adjacent to an activating group) is 1. The number of halogens is 7. The minimum Gasteiger partial charge on any atom is -0.469 e. The Balaban J connectivity index is 1.42. The summed E-state index contributed by atoms with van der Waals surface area (Å²) < 4.78 is 106. The van der Waals surface area contributed by atoms with Gasteiger partial charge in [0.15, 0.2) is 11.6 Å². The second kappa shape index (κ2) is 10.4. The topological polar surface area (TPSA) is 98.9 Å². The van der Waals surface area contributed by atoms with E-state index in [1.807, 2.05) is 4.90 Å². The Morgan fingerprint density at radius 3 is 2.77 bits per heavy atom. The summed E-state index contributed by atoms with van der Waals surface area (Å²) in [5.74, 6) is -2.82. The van der Waals surface area contributed by atoms with Crippen molar-refractivity contribution in [1.82, 2.24) is 19.9 Å². The number of pyridine rings is 1. The molecule has 2 aromatic heterocycles. The average molecular weight is 645 g/mol. The van der Waals surface area contributed by atoms with Crippen molar-refractivity contribution in [3.8, 4) is 23.1 Å². The van der Waals surface area contributed by atoms with Crippen molar-refractivity contribution in [3.05, 3.63) is 28.3 Å². The standard InChI is InChI=1S/C28H27ClF6N6O3/c1-40-15-3-6-42-10-16(15)44-25-17-23(21(32)22(37-25)13-7-14(36)20(31)19(29)18(13)28(33,34)35)38-26(39-24(17)40)43-11-27-4-2-5-41(27)9-12(30)8-27/h7,12,15-16H,2-6,8-11,36H2,1H3/t12-,15+,16+,27+/m1/s1. The maximum absolute atomic E-state index is 16.5. The molecule has 9 nitrogen and oxygen atoms in total. The van der Waals surface area contributed by atoms with Crippen LogP contribution in [-0.4, -0.2) is 83.7 Å². The van der Waals surface area contributed by atoms with Crippen LogP contribution in [0.1, 0.15) is 31.2 Å². The number of hydrogen-bond donors (Lipinski definition) is 1. The molecule has 0 unspecified atom stereocenters. The van der Waals surface area contributed by atoms with Crippen LogP contribution in [0.2, 0.25) is 5.02 Å². The molecule has 0 aliphatic carbocycles. The number of rotatable bonds is 4. The Hall–Kier alpha value is -3.30. The Kier molecular flexibility index (Phi) is 6.94. The Bertz CT molecular complexity index is 1660. The molecule has 4 aliphatic heterocycles. The summed E-state index contributed by atoms with van der Waals surface area (Å²) in [7, 11) is 1.73. The van der Waals surface area contributed by atoms with Crippen LogP contribution in [0, 0.1) is 11.6 Å². The highest BCUT2D eigenvalue weighted by molar-refractivity contribution is 6.32. The minimum atomic E-state index is -5.20. The lowest BCUT2D eigenvalue weighted by Crippen LogP contribution is -2.49. The van der Waals surface area contributed by atoms with E-state index in [-0.39, 0.29) is 55.3 Å². The van der Waals surface area contributed by atoms with Gasteiger partial charge >= 0.3 is 12.2 Å². The smallest absolute Gasteiger partial charge is 0.418 e. The van der Waals surface area contributed by atoms with Gasteiger partial charge in [0.05, 0.1) is 34.5 Å². The first-order chi connectivity index (χ1) is 20.9. The summed E-state index contributed by atoms with van der Waals surface area (Å²) >= 11 is 5.78. The van der Waals surface area contributed by atoms with Gasteiger partial charge in [-0.1, -0.05) is 11.6 Å². The summed E-state index contributed by atoms with van der Waals surface area (Å²) in [5.41, 5.74) is 0.515. The molecule has 0 radical (unpaired) electrons. The van der Waals surface area contributed by atoms with Crippen molar-refractivity contribution in [2.45, 2.75) is 55.7 Å². The van der Waals surface area contributed by atoms with E-state index < -0.39 is 68.7 Å². The van der Waals surface area contributed by atoms with Crippen molar-refractivity contribution in [1.29, 1.82) is 0 Å². The Morgan fingerprint density at radius 1 is 1.20 bits per heavy atom. The van der Waals surface area contributed by atoms with Gasteiger partial charge in [-0.3, -0.25) is 4.90 Å². The van der Waals surface area contributed by atoms with E-state index in [1.54, 1.807) is 11.9 Å². The lowest BCUT2D eigenvalue weighted by molar-refractivity contribution is -0.137. The molecule has 44 heavy (non-hydrogen) atoms. The molecule has 236 valence electrons. The zero-order valence-corrected chi connectivity index (χ0v) is 24.1. The Labute approximate surface area is 252 Å². The van der Waals surface area contributed by atoms with Crippen LogP contribution in [0.15, 0.2) is 6.07 Å². The zero-order valence-electron chi connectivity index (χ0n) is 23.4. The molecule has 0 bridgehead atoms. The van der Waals surface area contributed by atoms with Crippen molar-refractivity contribution < 1.29 is 40.6 Å². The van der Waals surface area contributed by atoms with Crippen LogP contribution in [0.25, 0.3) is 22.2 Å². The van der Waals surface area contributed by atoms with E-state index in [4.69, 9.17) is 31.5 Å². The minimum absolute atomic E-state index is 0.00980. The summed E-state index contributed by atoms with van der Waals surface area (Å²) in [6.07, 6.45) is -4.52. The van der Waals surface area contributed by atoms with Crippen LogP contribution in [0.3, 0.4) is 0 Å². The first kappa shape index (κ1) is 29.4. The lowest BCUT2D eigenvalue weighted by atomic mass is 9.95. The van der Waals surface area contributed by atoms with E-state index in [1.165, 1.54) is 0 Å². The summed E-state index contributed by atoms with van der Waals surface area (Å²) in [5, 5.41) is -1.31. The fourth-order valence-corrected chi connectivity index (χ4v) is 7.32. The van der Waals surface area contributed by atoms with Gasteiger partial charge in [0.2, 0.25) is 5.88 Å². The van der Waals surface area contributed by atoms with E-state index in [0.717, 1.165) is 13.0 Å². The van der Waals surface area contributed by atoms with E-state index in [9.17, 15) is 22.0 Å². The van der Waals surface area contributed by atoms with Crippen molar-refractivity contribution in [3.63, 3.8) is 0 Å². The fraction of sp³-hybridized carbons (Fsp3) is 0.536. The van der Waals surface area contributed by atoms with E-state index in [2.05, 4.69) is 15.0 Å². The average Bonchev–Trinajstić information content (AvgIpc) is 3.46. The predicted molar refractivity (Wildman–Crippen MR) is 148 cm³/mol. The summed E-state index contributed by atoms with van der Waals surface area (Å²) in [6, 6.07) is 0.0654. The molecular weight excluding hydrogens is 618 g/mol. The molecule has 0 amide bonds. The van der Waals surface area contributed by atoms with Gasteiger partial charge < -0.3 is 24.8 Å². The largest absolute Gasteiger partial charge is 0.469 e. The highest BCUT2D eigenvalue weighted by Crippen LogP contribution is 2.48. The van der Waals surface area contributed by atoms with Crippen LogP contribution in [-0.2, 0) is 10.9 Å². The van der Waals surface area contributed by atoms with Crippen molar-refractivity contribution in [2.24, 2.45) is 0 Å². The molecule has 6 heterocycles. The number of aromatic nitrogens is 3. The number of nitrogens with zero attached hydrogens (tertiary/aromatic N) is 5. The highest BCUT2D eigenvalue weighted by Gasteiger charge is 2.49. The number of ether oxygens (including phenoxy) is 3. The first-order valence-corrected chi connectivity index (χ1v) is 14.5. The van der Waals surface area contributed by atoms with Gasteiger partial charge in [-0.2, -0.15) is 23.1 Å². The number of alkyl halides is 4. The SMILES string of the molecule is CN1c2nc(OC[C@@]34CCCN3C[C@H](F)C4)nc3c(F)c(-c4cc(N)c(F)c(Cl)c4C(F)(F)F)nc(c23)O[C@H]2COCC[C@@H]21. The first-order valence-electron chi connectivity index (χ1n) is 14.1. The number of hydrogen-bond acceptors (Lipinski definition) is 9. The molecule has 7 rings (SSSR count). The Morgan fingerprint density at radius 2 is 2.00 bits per heavy atom. The molecule has 3 aromatic rings. The zero-order chi connectivity index (χ0) is 31.1. The quantitative estimate of drug-likeness (QED) is 0.305. The number of benzene rings is 1. The van der Waals surface area contributed by atoms with Crippen LogP contribution in [0.5, 0.6) is 11.9 Å². The summed E-state index contributed by atoms with van der Waals surface area (Å²) in [6.45, 7) is 1.57. The van der Waals surface area contributed by atoms with Crippen LogP contribution in [0.4, 0.5) is 37.8 Å². The van der Waals surface area contributed by atoms with E-state index in [0.29, 0.717) is 25.5 Å². The second-order valence-corrected chi connectivity index (χ2v) is 12.1. The molecular formula is C28H27ClF6N6O3. The van der Waals surface area contributed by atoms with Gasteiger partial charge in [0.1, 0.15) is 41.3 Å². The van der Waals surface area contributed by atoms with E-state index >= 15 is 4.39 Å².